The van der Waals surface area contributed by atoms with Crippen LogP contribution in [0.2, 0.25) is 0 Å². The van der Waals surface area contributed by atoms with Crippen LogP contribution in [0.5, 0.6) is 0 Å². The first-order valence-corrected chi connectivity index (χ1v) is 6.16. The monoisotopic (exact) mass is 263 g/mol. The minimum Gasteiger partial charge on any atom is -0.480 e. The summed E-state index contributed by atoms with van der Waals surface area (Å²) in [6.07, 6.45) is 0.0333. The first-order chi connectivity index (χ1) is 8.92. The van der Waals surface area contributed by atoms with E-state index in [1.807, 2.05) is 24.3 Å². The molecule has 0 fully saturated rings. The van der Waals surface area contributed by atoms with E-state index >= 15 is 0 Å². The minimum absolute atomic E-state index is 0.417. The van der Waals surface area contributed by atoms with Crippen molar-refractivity contribution in [2.24, 2.45) is 0 Å². The number of carboxylic acid groups (broad SMARTS) is 1. The fourth-order valence-electron chi connectivity index (χ4n) is 2.04. The van der Waals surface area contributed by atoms with Gasteiger partial charge in [0.1, 0.15) is 5.54 Å². The summed E-state index contributed by atoms with van der Waals surface area (Å²) in [5, 5.41) is 11.5. The number of rotatable bonds is 3. The summed E-state index contributed by atoms with van der Waals surface area (Å²) in [4.78, 5) is 23.2. The number of carbonyl (C=O) groups is 2. The molecule has 0 aliphatic carbocycles. The average molecular weight is 263 g/mol. The number of hydrogen-bond donors (Lipinski definition) is 2. The second kappa shape index (κ2) is 5.01. The van der Waals surface area contributed by atoms with E-state index in [-0.39, 0.29) is 0 Å². The molecule has 0 radical (unpaired) electrons. The van der Waals surface area contributed by atoms with Gasteiger partial charge in [-0.3, -0.25) is 4.79 Å². The smallest absolute Gasteiger partial charge is 0.328 e. The number of fused-ring (bicyclic) bond motifs is 1. The number of carboxylic acids is 1. The topological polar surface area (TPSA) is 75.6 Å². The molecule has 1 aliphatic rings. The highest BCUT2D eigenvalue weighted by Gasteiger charge is 2.34. The Morgan fingerprint density at radius 3 is 2.74 bits per heavy atom. The van der Waals surface area contributed by atoms with E-state index in [0.29, 0.717) is 6.61 Å². The third kappa shape index (κ3) is 2.76. The number of ether oxygens (including phenoxy) is 1. The fraction of sp³-hybridized carbons (Fsp3) is 0.429. The standard InChI is InChI=1S/C14H17NO4/c1-14(2,13(17)18)15-12(16)11-10-6-4-3-5-9(10)7-8-19-11/h3-6,11H,7-8H2,1-2H3,(H,15,16)(H,17,18). The molecule has 0 saturated carbocycles. The van der Waals surface area contributed by atoms with E-state index in [0.717, 1.165) is 17.5 Å². The summed E-state index contributed by atoms with van der Waals surface area (Å²) in [7, 11) is 0. The Balaban J connectivity index is 2.20. The van der Waals surface area contributed by atoms with E-state index < -0.39 is 23.5 Å². The van der Waals surface area contributed by atoms with Gasteiger partial charge in [0, 0.05) is 0 Å². The molecule has 1 atom stereocenters. The highest BCUT2D eigenvalue weighted by molar-refractivity contribution is 5.89. The zero-order valence-electron chi connectivity index (χ0n) is 11.0. The van der Waals surface area contributed by atoms with Crippen LogP contribution in [0.25, 0.3) is 0 Å². The molecule has 0 bridgehead atoms. The van der Waals surface area contributed by atoms with Gasteiger partial charge in [-0.1, -0.05) is 24.3 Å². The van der Waals surface area contributed by atoms with Crippen LogP contribution in [-0.2, 0) is 20.7 Å². The molecule has 1 heterocycles. The zero-order valence-corrected chi connectivity index (χ0v) is 11.0. The van der Waals surface area contributed by atoms with Crippen LogP contribution in [0.3, 0.4) is 0 Å². The number of aliphatic carboxylic acids is 1. The van der Waals surface area contributed by atoms with Gasteiger partial charge >= 0.3 is 5.97 Å². The second-order valence-corrected chi connectivity index (χ2v) is 5.12. The first-order valence-electron chi connectivity index (χ1n) is 6.16. The van der Waals surface area contributed by atoms with Gasteiger partial charge in [0.2, 0.25) is 0 Å². The van der Waals surface area contributed by atoms with Gasteiger partial charge in [-0.15, -0.1) is 0 Å². The van der Waals surface area contributed by atoms with Crippen molar-refractivity contribution in [3.05, 3.63) is 35.4 Å². The molecule has 1 aliphatic heterocycles. The summed E-state index contributed by atoms with van der Waals surface area (Å²) < 4.78 is 5.49. The van der Waals surface area contributed by atoms with Gasteiger partial charge < -0.3 is 15.2 Å². The molecule has 19 heavy (non-hydrogen) atoms. The van der Waals surface area contributed by atoms with Crippen molar-refractivity contribution in [3.63, 3.8) is 0 Å². The summed E-state index contributed by atoms with van der Waals surface area (Å²) in [5.41, 5.74) is 0.571. The van der Waals surface area contributed by atoms with Crippen molar-refractivity contribution in [2.45, 2.75) is 31.9 Å². The molecule has 1 aromatic rings. The lowest BCUT2D eigenvalue weighted by molar-refractivity contribution is -0.149. The van der Waals surface area contributed by atoms with E-state index in [4.69, 9.17) is 9.84 Å². The third-order valence-electron chi connectivity index (χ3n) is 3.20. The lowest BCUT2D eigenvalue weighted by Crippen LogP contribution is -2.51. The van der Waals surface area contributed by atoms with Crippen LogP contribution in [0.4, 0.5) is 0 Å². The first kappa shape index (κ1) is 13.5. The number of benzene rings is 1. The van der Waals surface area contributed by atoms with E-state index in [1.54, 1.807) is 0 Å². The second-order valence-electron chi connectivity index (χ2n) is 5.12. The Labute approximate surface area is 111 Å². The Hall–Kier alpha value is -1.88. The van der Waals surface area contributed by atoms with Crippen LogP contribution in [0.1, 0.15) is 31.1 Å². The maximum atomic E-state index is 12.2. The quantitative estimate of drug-likeness (QED) is 0.861. The van der Waals surface area contributed by atoms with Gasteiger partial charge in [-0.2, -0.15) is 0 Å². The van der Waals surface area contributed by atoms with E-state index in [9.17, 15) is 9.59 Å². The molecule has 2 N–H and O–H groups in total. The largest absolute Gasteiger partial charge is 0.480 e. The molecule has 5 heteroatoms. The lowest BCUT2D eigenvalue weighted by Gasteiger charge is -2.28. The van der Waals surface area contributed by atoms with Crippen molar-refractivity contribution in [1.29, 1.82) is 0 Å². The Kier molecular flexibility index (Phi) is 3.57. The van der Waals surface area contributed by atoms with Crippen LogP contribution < -0.4 is 5.32 Å². The van der Waals surface area contributed by atoms with Gasteiger partial charge in [0.25, 0.3) is 5.91 Å². The molecule has 1 unspecified atom stereocenters. The minimum atomic E-state index is -1.31. The number of hydrogen-bond acceptors (Lipinski definition) is 3. The van der Waals surface area contributed by atoms with Crippen molar-refractivity contribution in [1.82, 2.24) is 5.32 Å². The van der Waals surface area contributed by atoms with Crippen molar-refractivity contribution in [3.8, 4) is 0 Å². The predicted molar refractivity (Wildman–Crippen MR) is 68.7 cm³/mol. The van der Waals surface area contributed by atoms with Gasteiger partial charge in [0.05, 0.1) is 6.61 Å². The van der Waals surface area contributed by atoms with Gasteiger partial charge in [-0.25, -0.2) is 4.79 Å². The zero-order chi connectivity index (χ0) is 14.0. The fourth-order valence-corrected chi connectivity index (χ4v) is 2.04. The SMILES string of the molecule is CC(C)(NC(=O)C1OCCc2ccccc21)C(=O)O. The summed E-state index contributed by atoms with van der Waals surface area (Å²) >= 11 is 0. The normalized spacial score (nSPS) is 18.5. The molecule has 1 amide bonds. The summed E-state index contributed by atoms with van der Waals surface area (Å²) in [6.45, 7) is 3.35. The lowest BCUT2D eigenvalue weighted by atomic mass is 9.96. The molecular weight excluding hydrogens is 246 g/mol. The van der Waals surface area contributed by atoms with E-state index in [1.165, 1.54) is 13.8 Å². The molecule has 0 aromatic heterocycles. The molecule has 102 valence electrons. The number of nitrogens with one attached hydrogen (secondary N) is 1. The van der Waals surface area contributed by atoms with Crippen LogP contribution >= 0.6 is 0 Å². The summed E-state index contributed by atoms with van der Waals surface area (Å²) in [6, 6.07) is 7.56. The highest BCUT2D eigenvalue weighted by atomic mass is 16.5. The molecule has 5 nitrogen and oxygen atoms in total. The molecule has 1 aromatic carbocycles. The van der Waals surface area contributed by atoms with Crippen molar-refractivity contribution >= 4 is 11.9 Å². The molecule has 0 saturated heterocycles. The molecular formula is C14H17NO4. The van der Waals surface area contributed by atoms with Crippen LogP contribution in [-0.4, -0.2) is 29.1 Å². The summed E-state index contributed by atoms with van der Waals surface area (Å²) in [5.74, 6) is -1.50. The Bertz CT molecular complexity index is 510. The highest BCUT2D eigenvalue weighted by Crippen LogP contribution is 2.27. The Morgan fingerprint density at radius 2 is 2.05 bits per heavy atom. The predicted octanol–water partition coefficient (Wildman–Crippen LogP) is 1.28. The number of carbonyl (C=O) groups excluding carboxylic acids is 1. The average Bonchev–Trinajstić information content (AvgIpc) is 2.37. The molecule has 0 spiro atoms. The third-order valence-corrected chi connectivity index (χ3v) is 3.20. The van der Waals surface area contributed by atoms with Crippen molar-refractivity contribution < 1.29 is 19.4 Å². The maximum absolute atomic E-state index is 12.2. The number of amides is 1. The Morgan fingerprint density at radius 1 is 1.37 bits per heavy atom. The molecule has 2 rings (SSSR count). The van der Waals surface area contributed by atoms with Crippen LogP contribution in [0.15, 0.2) is 24.3 Å². The van der Waals surface area contributed by atoms with Crippen LogP contribution in [0, 0.1) is 0 Å². The van der Waals surface area contributed by atoms with Gasteiger partial charge in [0.15, 0.2) is 6.10 Å². The van der Waals surface area contributed by atoms with E-state index in [2.05, 4.69) is 5.32 Å². The maximum Gasteiger partial charge on any atom is 0.328 e. The van der Waals surface area contributed by atoms with Crippen molar-refractivity contribution in [2.75, 3.05) is 6.61 Å². The van der Waals surface area contributed by atoms with Gasteiger partial charge in [-0.05, 0) is 31.4 Å².